The van der Waals surface area contributed by atoms with Crippen molar-refractivity contribution >= 4 is 11.4 Å². The highest BCUT2D eigenvalue weighted by atomic mass is 19.3. The third kappa shape index (κ3) is 3.64. The molecule has 1 heterocycles. The molecule has 142 valence electrons. The van der Waals surface area contributed by atoms with Gasteiger partial charge < -0.3 is 9.47 Å². The van der Waals surface area contributed by atoms with E-state index >= 15 is 0 Å². The fraction of sp³-hybridized carbons (Fsp3) is 0.0952. The number of rotatable bonds is 4. The number of halogens is 3. The van der Waals surface area contributed by atoms with Gasteiger partial charge in [0.05, 0.1) is 11.4 Å². The van der Waals surface area contributed by atoms with E-state index in [0.717, 1.165) is 11.1 Å². The van der Waals surface area contributed by atoms with Crippen molar-refractivity contribution in [1.29, 1.82) is 0 Å². The zero-order chi connectivity index (χ0) is 19.6. The van der Waals surface area contributed by atoms with E-state index in [4.69, 9.17) is 0 Å². The molecule has 0 saturated carbocycles. The molecule has 1 aliphatic heterocycles. The zero-order valence-corrected chi connectivity index (χ0v) is 14.5. The van der Waals surface area contributed by atoms with E-state index in [9.17, 15) is 13.2 Å². The predicted octanol–water partition coefficient (Wildman–Crippen LogP) is 5.21. The minimum atomic E-state index is -4.05. The third-order valence-electron chi connectivity index (χ3n) is 4.08. The molecule has 1 unspecified atom stereocenters. The molecule has 4 nitrogen and oxygen atoms in total. The lowest BCUT2D eigenvalue weighted by Gasteiger charge is -2.28. The second-order valence-corrected chi connectivity index (χ2v) is 6.06. The maximum absolute atomic E-state index is 13.4. The average Bonchev–Trinajstić information content (AvgIpc) is 2.70. The van der Waals surface area contributed by atoms with Crippen molar-refractivity contribution in [2.24, 2.45) is 5.10 Å². The first-order chi connectivity index (χ1) is 13.5. The molecule has 1 N–H and O–H groups in total. The molecule has 0 radical (unpaired) electrons. The number of alkyl halides is 3. The highest BCUT2D eigenvalue weighted by Crippen LogP contribution is 2.41. The fourth-order valence-corrected chi connectivity index (χ4v) is 2.74. The smallest absolute Gasteiger partial charge is 0.447 e. The summed E-state index contributed by atoms with van der Waals surface area (Å²) in [6.45, 7) is 0. The lowest BCUT2D eigenvalue weighted by Crippen LogP contribution is -2.43. The molecule has 0 amide bonds. The molecule has 0 bridgehead atoms. The second-order valence-electron chi connectivity index (χ2n) is 6.06. The van der Waals surface area contributed by atoms with Crippen LogP contribution in [0, 0.1) is 0 Å². The minimum absolute atomic E-state index is 0.0979. The SMILES string of the molecule is FC1Oc2ccc(NN=C(c3ccccc3)c3ccccc3)cc2OC1(F)F. The Bertz CT molecular complexity index is 954. The largest absolute Gasteiger partial charge is 0.468 e. The molecule has 0 aliphatic carbocycles. The van der Waals surface area contributed by atoms with E-state index in [1.807, 2.05) is 60.7 Å². The van der Waals surface area contributed by atoms with Gasteiger partial charge >= 0.3 is 12.5 Å². The van der Waals surface area contributed by atoms with Gasteiger partial charge in [-0.2, -0.15) is 18.3 Å². The Hall–Kier alpha value is -3.48. The maximum atomic E-state index is 13.4. The number of hydrazone groups is 1. The first-order valence-electron chi connectivity index (χ1n) is 8.49. The standard InChI is InChI=1S/C21H15F3N2O2/c22-20-21(23,24)28-18-13-16(11-12-17(18)27-20)25-26-19(14-7-3-1-4-8-14)15-9-5-2-6-10-15/h1-13,20,25H. The van der Waals surface area contributed by atoms with Gasteiger partial charge in [0.15, 0.2) is 11.5 Å². The molecule has 0 spiro atoms. The summed E-state index contributed by atoms with van der Waals surface area (Å²) in [4.78, 5) is 0. The molecule has 0 fully saturated rings. The molecule has 3 aromatic rings. The van der Waals surface area contributed by atoms with Gasteiger partial charge in [-0.25, -0.2) is 0 Å². The molecule has 0 saturated heterocycles. The minimum Gasteiger partial charge on any atom is -0.447 e. The van der Waals surface area contributed by atoms with Gasteiger partial charge in [0.1, 0.15) is 0 Å². The molecular weight excluding hydrogens is 369 g/mol. The van der Waals surface area contributed by atoms with Gasteiger partial charge in [-0.3, -0.25) is 5.43 Å². The molecule has 7 heteroatoms. The Morgan fingerprint density at radius 2 is 1.46 bits per heavy atom. The molecule has 1 atom stereocenters. The molecule has 3 aromatic carbocycles. The summed E-state index contributed by atoms with van der Waals surface area (Å²) in [7, 11) is 0. The van der Waals surface area contributed by atoms with Crippen LogP contribution in [0.5, 0.6) is 11.5 Å². The van der Waals surface area contributed by atoms with Crippen LogP contribution in [0.4, 0.5) is 18.9 Å². The van der Waals surface area contributed by atoms with Crippen LogP contribution in [0.25, 0.3) is 0 Å². The number of hydrogen-bond acceptors (Lipinski definition) is 4. The van der Waals surface area contributed by atoms with E-state index in [-0.39, 0.29) is 11.5 Å². The van der Waals surface area contributed by atoms with Crippen molar-refractivity contribution in [3.05, 3.63) is 90.0 Å². The Labute approximate surface area is 159 Å². The summed E-state index contributed by atoms with van der Waals surface area (Å²) in [6.07, 6.45) is -6.90. The van der Waals surface area contributed by atoms with Gasteiger partial charge in [-0.1, -0.05) is 60.7 Å². The third-order valence-corrected chi connectivity index (χ3v) is 4.08. The normalized spacial score (nSPS) is 16.9. The number of nitrogens with one attached hydrogen (secondary N) is 1. The van der Waals surface area contributed by atoms with Crippen molar-refractivity contribution in [2.45, 2.75) is 12.5 Å². The first-order valence-corrected chi connectivity index (χ1v) is 8.49. The molecule has 1 aliphatic rings. The second kappa shape index (κ2) is 7.26. The predicted molar refractivity (Wildman–Crippen MR) is 99.7 cm³/mol. The Kier molecular flexibility index (Phi) is 4.65. The summed E-state index contributed by atoms with van der Waals surface area (Å²) in [5, 5.41) is 4.44. The highest BCUT2D eigenvalue weighted by molar-refractivity contribution is 6.13. The zero-order valence-electron chi connectivity index (χ0n) is 14.5. The Morgan fingerprint density at radius 1 is 0.857 bits per heavy atom. The van der Waals surface area contributed by atoms with Crippen molar-refractivity contribution in [2.75, 3.05) is 5.43 Å². The number of anilines is 1. The van der Waals surface area contributed by atoms with Crippen LogP contribution in [0.1, 0.15) is 11.1 Å². The molecule has 28 heavy (non-hydrogen) atoms. The van der Waals surface area contributed by atoms with E-state index in [1.165, 1.54) is 18.2 Å². The van der Waals surface area contributed by atoms with Crippen LogP contribution in [0.2, 0.25) is 0 Å². The summed E-state index contributed by atoms with van der Waals surface area (Å²) >= 11 is 0. The Balaban J connectivity index is 1.65. The van der Waals surface area contributed by atoms with E-state index in [0.29, 0.717) is 11.4 Å². The van der Waals surface area contributed by atoms with E-state index in [1.54, 1.807) is 0 Å². The van der Waals surface area contributed by atoms with E-state index in [2.05, 4.69) is 20.0 Å². The molecular formula is C21H15F3N2O2. The Morgan fingerprint density at radius 3 is 2.07 bits per heavy atom. The average molecular weight is 384 g/mol. The van der Waals surface area contributed by atoms with Crippen molar-refractivity contribution in [1.82, 2.24) is 0 Å². The number of hydrogen-bond donors (Lipinski definition) is 1. The van der Waals surface area contributed by atoms with Crippen LogP contribution in [-0.4, -0.2) is 18.2 Å². The van der Waals surface area contributed by atoms with Gasteiger partial charge in [-0.15, -0.1) is 0 Å². The van der Waals surface area contributed by atoms with Crippen LogP contribution in [0.3, 0.4) is 0 Å². The lowest BCUT2D eigenvalue weighted by atomic mass is 10.0. The number of benzene rings is 3. The lowest BCUT2D eigenvalue weighted by molar-refractivity contribution is -0.281. The van der Waals surface area contributed by atoms with Crippen molar-refractivity contribution < 1.29 is 22.6 Å². The molecule has 0 aromatic heterocycles. The summed E-state index contributed by atoms with van der Waals surface area (Å²) < 4.78 is 49.0. The first kappa shape index (κ1) is 17.9. The van der Waals surface area contributed by atoms with Crippen LogP contribution in [-0.2, 0) is 0 Å². The van der Waals surface area contributed by atoms with Crippen LogP contribution < -0.4 is 14.9 Å². The molecule has 4 rings (SSSR count). The van der Waals surface area contributed by atoms with Gasteiger partial charge in [0.2, 0.25) is 0 Å². The van der Waals surface area contributed by atoms with Gasteiger partial charge in [0.25, 0.3) is 0 Å². The van der Waals surface area contributed by atoms with Crippen molar-refractivity contribution in [3.63, 3.8) is 0 Å². The quantitative estimate of drug-likeness (QED) is 0.496. The van der Waals surface area contributed by atoms with Crippen molar-refractivity contribution in [3.8, 4) is 11.5 Å². The van der Waals surface area contributed by atoms with Crippen LogP contribution >= 0.6 is 0 Å². The highest BCUT2D eigenvalue weighted by Gasteiger charge is 2.49. The summed E-state index contributed by atoms with van der Waals surface area (Å²) in [5.41, 5.74) is 5.66. The van der Waals surface area contributed by atoms with E-state index < -0.39 is 12.5 Å². The maximum Gasteiger partial charge on any atom is 0.468 e. The summed E-state index contributed by atoms with van der Waals surface area (Å²) in [6, 6.07) is 23.2. The van der Waals surface area contributed by atoms with Crippen LogP contribution in [0.15, 0.2) is 84.0 Å². The number of ether oxygens (including phenoxy) is 2. The number of nitrogens with zero attached hydrogens (tertiary/aromatic N) is 1. The summed E-state index contributed by atoms with van der Waals surface area (Å²) in [5.74, 6) is -0.362. The monoisotopic (exact) mass is 384 g/mol. The van der Waals surface area contributed by atoms with Gasteiger partial charge in [-0.05, 0) is 12.1 Å². The number of fused-ring (bicyclic) bond motifs is 1. The topological polar surface area (TPSA) is 42.8 Å². The van der Waals surface area contributed by atoms with Gasteiger partial charge in [0, 0.05) is 17.2 Å². The fourth-order valence-electron chi connectivity index (χ4n) is 2.74.